The van der Waals surface area contributed by atoms with Crippen LogP contribution in [0.3, 0.4) is 0 Å². The topological polar surface area (TPSA) is 46.1 Å². The summed E-state index contributed by atoms with van der Waals surface area (Å²) < 4.78 is 1.15. The van der Waals surface area contributed by atoms with Crippen LogP contribution in [0.5, 0.6) is 0 Å². The monoisotopic (exact) mass is 417 g/mol. The third-order valence-corrected chi connectivity index (χ3v) is 8.61. The number of aromatic nitrogens is 2. The minimum absolute atomic E-state index is 0.176. The van der Waals surface area contributed by atoms with Crippen LogP contribution in [0, 0.1) is 30.1 Å². The van der Waals surface area contributed by atoms with Gasteiger partial charge in [0.15, 0.2) is 5.13 Å². The number of amides is 1. The molecule has 30 heavy (non-hydrogen) atoms. The van der Waals surface area contributed by atoms with Crippen LogP contribution in [-0.4, -0.2) is 15.9 Å². The summed E-state index contributed by atoms with van der Waals surface area (Å²) in [6.07, 6.45) is 10.9. The Morgan fingerprint density at radius 1 is 1.13 bits per heavy atom. The number of rotatable bonds is 4. The van der Waals surface area contributed by atoms with E-state index in [9.17, 15) is 4.79 Å². The number of benzene rings is 1. The maximum Gasteiger partial charge on any atom is 0.235 e. The third-order valence-electron chi connectivity index (χ3n) is 7.56. The molecule has 0 aliphatic heterocycles. The van der Waals surface area contributed by atoms with Crippen LogP contribution < -0.4 is 4.90 Å². The fraction of sp³-hybridized carbons (Fsp3) is 0.480. The predicted octanol–water partition coefficient (Wildman–Crippen LogP) is 5.75. The minimum atomic E-state index is -0.176. The lowest BCUT2D eigenvalue weighted by molar-refractivity contribution is -0.143. The molecule has 0 N–H and O–H groups in total. The van der Waals surface area contributed by atoms with E-state index < -0.39 is 0 Å². The van der Waals surface area contributed by atoms with Gasteiger partial charge in [-0.25, -0.2) is 4.98 Å². The van der Waals surface area contributed by atoms with Gasteiger partial charge in [0.05, 0.1) is 22.2 Å². The number of carbonyl (C=O) groups is 1. The fourth-order valence-electron chi connectivity index (χ4n) is 6.69. The van der Waals surface area contributed by atoms with Gasteiger partial charge in [-0.1, -0.05) is 23.5 Å². The van der Waals surface area contributed by atoms with Crippen molar-refractivity contribution in [2.75, 3.05) is 4.90 Å². The molecule has 4 aliphatic carbocycles. The van der Waals surface area contributed by atoms with Crippen LogP contribution >= 0.6 is 11.3 Å². The zero-order valence-corrected chi connectivity index (χ0v) is 18.2. The van der Waals surface area contributed by atoms with Crippen LogP contribution in [0.25, 0.3) is 10.2 Å². The second-order valence-electron chi connectivity index (χ2n) is 9.92. The third kappa shape index (κ3) is 3.06. The Morgan fingerprint density at radius 2 is 1.87 bits per heavy atom. The molecule has 1 amide bonds. The molecule has 2 aromatic heterocycles. The summed E-state index contributed by atoms with van der Waals surface area (Å²) >= 11 is 1.64. The molecule has 154 valence electrons. The van der Waals surface area contributed by atoms with Gasteiger partial charge in [-0.15, -0.1) is 0 Å². The molecule has 2 heterocycles. The molecule has 4 fully saturated rings. The minimum Gasteiger partial charge on any atom is -0.283 e. The summed E-state index contributed by atoms with van der Waals surface area (Å²) in [6, 6.07) is 10.4. The number of pyridine rings is 1. The first-order valence-corrected chi connectivity index (χ1v) is 12.0. The molecule has 0 atom stereocenters. The number of aryl methyl sites for hydroxylation is 1. The number of carbonyl (C=O) groups excluding carboxylic acids is 1. The van der Waals surface area contributed by atoms with Crippen LogP contribution in [0.2, 0.25) is 0 Å². The summed E-state index contributed by atoms with van der Waals surface area (Å²) in [5.41, 5.74) is 3.09. The predicted molar refractivity (Wildman–Crippen MR) is 120 cm³/mol. The van der Waals surface area contributed by atoms with E-state index in [2.05, 4.69) is 36.2 Å². The van der Waals surface area contributed by atoms with Crippen molar-refractivity contribution in [3.05, 3.63) is 53.9 Å². The molecule has 7 rings (SSSR count). The van der Waals surface area contributed by atoms with E-state index in [0.717, 1.165) is 57.9 Å². The molecule has 4 aliphatic rings. The van der Waals surface area contributed by atoms with Gasteiger partial charge in [-0.2, -0.15) is 0 Å². The number of hydrogen-bond donors (Lipinski definition) is 0. The van der Waals surface area contributed by atoms with Crippen LogP contribution in [-0.2, 0) is 11.3 Å². The van der Waals surface area contributed by atoms with Crippen molar-refractivity contribution in [2.24, 2.45) is 23.2 Å². The Bertz CT molecular complexity index is 1070. The van der Waals surface area contributed by atoms with Crippen molar-refractivity contribution < 1.29 is 4.79 Å². The van der Waals surface area contributed by atoms with Gasteiger partial charge in [0.2, 0.25) is 5.91 Å². The van der Waals surface area contributed by atoms with E-state index in [1.807, 2.05) is 17.2 Å². The standard InChI is InChI=1S/C25H27N3OS/c1-16-4-5-21-22(7-16)30-24(27-21)28(15-17-3-2-6-26-14-17)23(29)25-11-18-8-19(12-25)10-20(9-18)13-25/h2-7,14,18-20H,8-13,15H2,1H3. The molecule has 0 unspecified atom stereocenters. The SMILES string of the molecule is Cc1ccc2nc(N(Cc3cccnc3)C(=O)C34CC5CC(CC(C5)C3)C4)sc2c1. The van der Waals surface area contributed by atoms with Crippen molar-refractivity contribution in [3.63, 3.8) is 0 Å². The molecule has 0 spiro atoms. The first-order chi connectivity index (χ1) is 14.6. The smallest absolute Gasteiger partial charge is 0.235 e. The van der Waals surface area contributed by atoms with Gasteiger partial charge in [0, 0.05) is 12.4 Å². The Hall–Kier alpha value is -2.27. The van der Waals surface area contributed by atoms with Crippen LogP contribution in [0.1, 0.15) is 49.7 Å². The first-order valence-electron chi connectivity index (χ1n) is 11.2. The Morgan fingerprint density at radius 3 is 2.53 bits per heavy atom. The van der Waals surface area contributed by atoms with Gasteiger partial charge in [0.25, 0.3) is 0 Å². The van der Waals surface area contributed by atoms with Gasteiger partial charge >= 0.3 is 0 Å². The molecule has 4 saturated carbocycles. The van der Waals surface area contributed by atoms with E-state index in [1.54, 1.807) is 17.5 Å². The van der Waals surface area contributed by atoms with Crippen molar-refractivity contribution in [3.8, 4) is 0 Å². The van der Waals surface area contributed by atoms with Crippen molar-refractivity contribution in [1.82, 2.24) is 9.97 Å². The second kappa shape index (κ2) is 6.88. The summed E-state index contributed by atoms with van der Waals surface area (Å²) in [5.74, 6) is 2.55. The molecule has 1 aromatic carbocycles. The Labute approximate surface area is 181 Å². The lowest BCUT2D eigenvalue weighted by Crippen LogP contribution is -2.54. The average molecular weight is 418 g/mol. The Kier molecular flexibility index (Phi) is 4.24. The van der Waals surface area contributed by atoms with Crippen molar-refractivity contribution in [2.45, 2.75) is 52.0 Å². The molecule has 3 aromatic rings. The number of nitrogens with zero attached hydrogens (tertiary/aromatic N) is 3. The average Bonchev–Trinajstić information content (AvgIpc) is 3.14. The Balaban J connectivity index is 1.41. The van der Waals surface area contributed by atoms with E-state index >= 15 is 0 Å². The lowest BCUT2D eigenvalue weighted by atomic mass is 9.49. The highest BCUT2D eigenvalue weighted by Crippen LogP contribution is 2.60. The summed E-state index contributed by atoms with van der Waals surface area (Å²) in [7, 11) is 0. The van der Waals surface area contributed by atoms with Crippen molar-refractivity contribution in [1.29, 1.82) is 0 Å². The van der Waals surface area contributed by atoms with Crippen molar-refractivity contribution >= 4 is 32.6 Å². The summed E-state index contributed by atoms with van der Waals surface area (Å²) in [4.78, 5) is 25.4. The zero-order chi connectivity index (χ0) is 20.3. The summed E-state index contributed by atoms with van der Waals surface area (Å²) in [6.45, 7) is 2.65. The number of fused-ring (bicyclic) bond motifs is 1. The molecule has 4 nitrogen and oxygen atoms in total. The van der Waals surface area contributed by atoms with E-state index in [1.165, 1.54) is 24.8 Å². The van der Waals surface area contributed by atoms with Gasteiger partial charge in [-0.05, 0) is 92.5 Å². The quantitative estimate of drug-likeness (QED) is 0.543. The lowest BCUT2D eigenvalue weighted by Gasteiger charge is -2.56. The zero-order valence-electron chi connectivity index (χ0n) is 17.4. The van der Waals surface area contributed by atoms with E-state index in [0.29, 0.717) is 12.5 Å². The molecular weight excluding hydrogens is 390 g/mol. The second-order valence-corrected chi connectivity index (χ2v) is 10.9. The number of anilines is 1. The molecule has 5 heteroatoms. The maximum atomic E-state index is 14.2. The number of hydrogen-bond acceptors (Lipinski definition) is 4. The highest BCUT2D eigenvalue weighted by atomic mass is 32.1. The maximum absolute atomic E-state index is 14.2. The molecular formula is C25H27N3OS. The summed E-state index contributed by atoms with van der Waals surface area (Å²) in [5, 5.41) is 0.834. The largest absolute Gasteiger partial charge is 0.283 e. The highest BCUT2D eigenvalue weighted by Gasteiger charge is 2.56. The molecule has 0 saturated heterocycles. The highest BCUT2D eigenvalue weighted by molar-refractivity contribution is 7.22. The van der Waals surface area contributed by atoms with Gasteiger partial charge < -0.3 is 0 Å². The van der Waals surface area contributed by atoms with Crippen LogP contribution in [0.4, 0.5) is 5.13 Å². The van der Waals surface area contributed by atoms with E-state index in [-0.39, 0.29) is 5.41 Å². The van der Waals surface area contributed by atoms with Gasteiger partial charge in [-0.3, -0.25) is 14.7 Å². The normalized spacial score (nSPS) is 29.4. The molecule has 0 radical (unpaired) electrons. The molecule has 4 bridgehead atoms. The fourth-order valence-corrected chi connectivity index (χ4v) is 7.76. The van der Waals surface area contributed by atoms with E-state index in [4.69, 9.17) is 4.98 Å². The van der Waals surface area contributed by atoms with Gasteiger partial charge in [0.1, 0.15) is 0 Å². The number of thiazole rings is 1. The van der Waals surface area contributed by atoms with Crippen LogP contribution in [0.15, 0.2) is 42.7 Å². The first kappa shape index (κ1) is 18.5.